The van der Waals surface area contributed by atoms with E-state index in [1.807, 2.05) is 14.0 Å². The van der Waals surface area contributed by atoms with Crippen molar-refractivity contribution in [2.45, 2.75) is 25.9 Å². The van der Waals surface area contributed by atoms with Gasteiger partial charge >= 0.3 is 6.18 Å². The first kappa shape index (κ1) is 16.1. The number of hydrogen-bond acceptors (Lipinski definition) is 2. The molecule has 0 saturated heterocycles. The molecule has 0 saturated carbocycles. The highest BCUT2D eigenvalue weighted by Crippen LogP contribution is 2.29. The predicted molar refractivity (Wildman–Crippen MR) is 76.3 cm³/mol. The van der Waals surface area contributed by atoms with E-state index in [9.17, 15) is 18.0 Å². The number of halogens is 3. The number of benzene rings is 1. The topological polar surface area (TPSA) is 46.9 Å². The number of nitrogens with zero attached hydrogens (tertiary/aromatic N) is 2. The van der Waals surface area contributed by atoms with Crippen molar-refractivity contribution in [1.82, 2.24) is 9.78 Å². The van der Waals surface area contributed by atoms with E-state index >= 15 is 0 Å². The number of alkyl halides is 3. The normalized spacial score (nSPS) is 11.5. The van der Waals surface area contributed by atoms with Gasteiger partial charge in [-0.1, -0.05) is 0 Å². The lowest BCUT2D eigenvalue weighted by atomic mass is 10.1. The molecule has 1 N–H and O–H groups in total. The first-order chi connectivity index (χ1) is 10.3. The van der Waals surface area contributed by atoms with Gasteiger partial charge in [0.15, 0.2) is 0 Å². The molecule has 22 heavy (non-hydrogen) atoms. The molecular weight excluding hydrogens is 295 g/mol. The first-order valence-corrected chi connectivity index (χ1v) is 6.72. The molecule has 2 aromatic rings. The first-order valence-electron chi connectivity index (χ1n) is 6.72. The van der Waals surface area contributed by atoms with Crippen LogP contribution < -0.4 is 5.32 Å². The summed E-state index contributed by atoms with van der Waals surface area (Å²) in [5.74, 6) is -0.247. The van der Waals surface area contributed by atoms with Crippen LogP contribution in [0.15, 0.2) is 30.5 Å². The van der Waals surface area contributed by atoms with E-state index in [2.05, 4.69) is 10.4 Å². The number of rotatable bonds is 4. The molecule has 1 amide bonds. The molecule has 0 unspecified atom stereocenters. The standard InChI is InChI=1S/C15H16F3N3O/c1-10-11(9-19-21(10)2)3-8-14(22)20-13-6-4-12(5-7-13)15(16,17)18/h4-7,9H,3,8H2,1-2H3,(H,20,22). The van der Waals surface area contributed by atoms with Gasteiger partial charge in [0.1, 0.15) is 0 Å². The molecule has 0 spiro atoms. The summed E-state index contributed by atoms with van der Waals surface area (Å²) in [5.41, 5.74) is 1.57. The van der Waals surface area contributed by atoms with Gasteiger partial charge < -0.3 is 5.32 Å². The second kappa shape index (κ2) is 6.21. The third-order valence-electron chi connectivity index (χ3n) is 3.45. The molecule has 0 fully saturated rings. The summed E-state index contributed by atoms with van der Waals surface area (Å²) >= 11 is 0. The minimum atomic E-state index is -4.37. The van der Waals surface area contributed by atoms with Crippen LogP contribution in [0.4, 0.5) is 18.9 Å². The highest BCUT2D eigenvalue weighted by Gasteiger charge is 2.29. The Labute approximate surface area is 125 Å². The van der Waals surface area contributed by atoms with Crippen LogP contribution in [0, 0.1) is 6.92 Å². The molecule has 0 bridgehead atoms. The predicted octanol–water partition coefficient (Wildman–Crippen LogP) is 3.32. The third kappa shape index (κ3) is 3.87. The van der Waals surface area contributed by atoms with Crippen molar-refractivity contribution in [1.29, 1.82) is 0 Å². The molecule has 0 aliphatic carbocycles. The second-order valence-electron chi connectivity index (χ2n) is 5.00. The average molecular weight is 311 g/mol. The summed E-state index contributed by atoms with van der Waals surface area (Å²) in [7, 11) is 1.82. The Kier molecular flexibility index (Phi) is 4.54. The maximum atomic E-state index is 12.4. The number of nitrogens with one attached hydrogen (secondary N) is 1. The molecule has 1 heterocycles. The molecular formula is C15H16F3N3O. The highest BCUT2D eigenvalue weighted by atomic mass is 19.4. The van der Waals surface area contributed by atoms with E-state index < -0.39 is 11.7 Å². The van der Waals surface area contributed by atoms with Crippen LogP contribution >= 0.6 is 0 Å². The number of aryl methyl sites for hydroxylation is 2. The Balaban J connectivity index is 1.91. The van der Waals surface area contributed by atoms with Gasteiger partial charge in [0.2, 0.25) is 5.91 Å². The molecule has 118 valence electrons. The second-order valence-corrected chi connectivity index (χ2v) is 5.00. The van der Waals surface area contributed by atoms with Crippen molar-refractivity contribution in [2.75, 3.05) is 5.32 Å². The number of amides is 1. The molecule has 4 nitrogen and oxygen atoms in total. The molecule has 0 atom stereocenters. The summed E-state index contributed by atoms with van der Waals surface area (Å²) < 4.78 is 39.0. The quantitative estimate of drug-likeness (QED) is 0.941. The number of carbonyl (C=O) groups is 1. The van der Waals surface area contributed by atoms with E-state index in [1.54, 1.807) is 10.9 Å². The molecule has 0 radical (unpaired) electrons. The van der Waals surface area contributed by atoms with Crippen molar-refractivity contribution < 1.29 is 18.0 Å². The van der Waals surface area contributed by atoms with Gasteiger partial charge in [0.05, 0.1) is 11.8 Å². The van der Waals surface area contributed by atoms with Crippen molar-refractivity contribution >= 4 is 11.6 Å². The lowest BCUT2D eigenvalue weighted by Gasteiger charge is -2.08. The Hall–Kier alpha value is -2.31. The van der Waals surface area contributed by atoms with Crippen LogP contribution in [0.25, 0.3) is 0 Å². The fourth-order valence-corrected chi connectivity index (χ4v) is 2.00. The maximum Gasteiger partial charge on any atom is 0.416 e. The van der Waals surface area contributed by atoms with Crippen molar-refractivity contribution in [3.8, 4) is 0 Å². The van der Waals surface area contributed by atoms with Gasteiger partial charge in [-0.15, -0.1) is 0 Å². The monoisotopic (exact) mass is 311 g/mol. The summed E-state index contributed by atoms with van der Waals surface area (Å²) in [4.78, 5) is 11.8. The van der Waals surface area contributed by atoms with E-state index in [0.29, 0.717) is 12.1 Å². The SMILES string of the molecule is Cc1c(CCC(=O)Nc2ccc(C(F)(F)F)cc2)cnn1C. The van der Waals surface area contributed by atoms with Crippen LogP contribution in [0.3, 0.4) is 0 Å². The molecule has 2 rings (SSSR count). The largest absolute Gasteiger partial charge is 0.416 e. The van der Waals surface area contributed by atoms with Crippen LogP contribution in [0.1, 0.15) is 23.2 Å². The number of aromatic nitrogens is 2. The molecule has 0 aliphatic rings. The maximum absolute atomic E-state index is 12.4. The van der Waals surface area contributed by atoms with Crippen molar-refractivity contribution in [3.63, 3.8) is 0 Å². The van der Waals surface area contributed by atoms with Gasteiger partial charge in [-0.05, 0) is 43.2 Å². The summed E-state index contributed by atoms with van der Waals surface area (Å²) in [6.45, 7) is 1.91. The van der Waals surface area contributed by atoms with Gasteiger partial charge in [-0.2, -0.15) is 18.3 Å². The number of anilines is 1. The average Bonchev–Trinajstić information content (AvgIpc) is 2.76. The number of carbonyl (C=O) groups excluding carboxylic acids is 1. The van der Waals surface area contributed by atoms with Crippen LogP contribution in [-0.4, -0.2) is 15.7 Å². The third-order valence-corrected chi connectivity index (χ3v) is 3.45. The van der Waals surface area contributed by atoms with Gasteiger partial charge in [0.25, 0.3) is 0 Å². The highest BCUT2D eigenvalue weighted by molar-refractivity contribution is 5.90. The zero-order valence-corrected chi connectivity index (χ0v) is 12.2. The lowest BCUT2D eigenvalue weighted by molar-refractivity contribution is -0.137. The van der Waals surface area contributed by atoms with Crippen LogP contribution in [-0.2, 0) is 24.4 Å². The van der Waals surface area contributed by atoms with Gasteiger partial charge in [-0.3, -0.25) is 9.48 Å². The van der Waals surface area contributed by atoms with Crippen molar-refractivity contribution in [2.24, 2.45) is 7.05 Å². The Morgan fingerprint density at radius 2 is 1.91 bits per heavy atom. The minimum Gasteiger partial charge on any atom is -0.326 e. The van der Waals surface area contributed by atoms with Crippen LogP contribution in [0.2, 0.25) is 0 Å². The zero-order chi connectivity index (χ0) is 16.3. The molecule has 1 aromatic heterocycles. The minimum absolute atomic E-state index is 0.244. The summed E-state index contributed by atoms with van der Waals surface area (Å²) in [6.07, 6.45) is -1.89. The Bertz CT molecular complexity index is 660. The summed E-state index contributed by atoms with van der Waals surface area (Å²) in [5, 5.41) is 6.67. The van der Waals surface area contributed by atoms with E-state index in [1.165, 1.54) is 12.1 Å². The van der Waals surface area contributed by atoms with Gasteiger partial charge in [-0.25, -0.2) is 0 Å². The zero-order valence-electron chi connectivity index (χ0n) is 12.2. The van der Waals surface area contributed by atoms with Crippen molar-refractivity contribution in [3.05, 3.63) is 47.3 Å². The van der Waals surface area contributed by atoms with E-state index in [4.69, 9.17) is 0 Å². The molecule has 7 heteroatoms. The Morgan fingerprint density at radius 1 is 1.27 bits per heavy atom. The molecule has 0 aliphatic heterocycles. The molecule has 1 aromatic carbocycles. The summed E-state index contributed by atoms with van der Waals surface area (Å²) in [6, 6.07) is 4.38. The van der Waals surface area contributed by atoms with E-state index in [-0.39, 0.29) is 12.3 Å². The fraction of sp³-hybridized carbons (Fsp3) is 0.333. The van der Waals surface area contributed by atoms with Crippen LogP contribution in [0.5, 0.6) is 0 Å². The van der Waals surface area contributed by atoms with E-state index in [0.717, 1.165) is 23.4 Å². The Morgan fingerprint density at radius 3 is 2.41 bits per heavy atom. The number of hydrogen-bond donors (Lipinski definition) is 1. The lowest BCUT2D eigenvalue weighted by Crippen LogP contribution is -2.13. The van der Waals surface area contributed by atoms with Gasteiger partial charge in [0, 0.05) is 24.8 Å². The smallest absolute Gasteiger partial charge is 0.326 e. The fourth-order valence-electron chi connectivity index (χ4n) is 2.00.